The Bertz CT molecular complexity index is 1270. The lowest BCUT2D eigenvalue weighted by atomic mass is 10.1. The van der Waals surface area contributed by atoms with Crippen LogP contribution in [0, 0.1) is 0 Å². The van der Waals surface area contributed by atoms with Crippen molar-refractivity contribution in [1.82, 2.24) is 29.6 Å². The minimum absolute atomic E-state index is 0.0480. The monoisotopic (exact) mass is 394 g/mol. The third kappa shape index (κ3) is 3.18. The third-order valence-corrected chi connectivity index (χ3v) is 5.02. The maximum Gasteiger partial charge on any atom is 0.267 e. The first-order valence-electron chi connectivity index (χ1n) is 9.12. The van der Waals surface area contributed by atoms with E-state index in [1.165, 1.54) is 4.90 Å². The molecule has 1 saturated heterocycles. The zero-order valence-corrected chi connectivity index (χ0v) is 15.5. The number of amides is 1. The summed E-state index contributed by atoms with van der Waals surface area (Å²) >= 11 is 0. The first-order chi connectivity index (χ1) is 13.9. The molecule has 7 nitrogen and oxygen atoms in total. The number of carbonyl (C=O) groups excluding carboxylic acids is 1. The summed E-state index contributed by atoms with van der Waals surface area (Å²) in [4.78, 5) is 27.1. The van der Waals surface area contributed by atoms with E-state index in [0.29, 0.717) is 27.9 Å². The van der Waals surface area contributed by atoms with E-state index in [0.717, 1.165) is 10.9 Å². The second-order valence-corrected chi connectivity index (χ2v) is 7.23. The SMILES string of the molecule is Cn1cc2cc(-c3cnc4ccc(C(=O)N5CCC(F)(F)C5)cc4n3)cnc2n1. The quantitative estimate of drug-likeness (QED) is 0.522. The fraction of sp³-hybridized carbons (Fsp3) is 0.250. The number of benzene rings is 1. The maximum absolute atomic E-state index is 13.4. The number of rotatable bonds is 2. The number of halogens is 2. The Kier molecular flexibility index (Phi) is 3.80. The Morgan fingerprint density at radius 1 is 1.14 bits per heavy atom. The number of pyridine rings is 1. The average molecular weight is 394 g/mol. The van der Waals surface area contributed by atoms with Crippen LogP contribution in [0.25, 0.3) is 33.3 Å². The average Bonchev–Trinajstić information content (AvgIpc) is 3.26. The summed E-state index contributed by atoms with van der Waals surface area (Å²) in [5, 5.41) is 5.13. The molecule has 0 atom stereocenters. The van der Waals surface area contributed by atoms with Gasteiger partial charge < -0.3 is 4.90 Å². The highest BCUT2D eigenvalue weighted by molar-refractivity contribution is 5.97. The van der Waals surface area contributed by atoms with E-state index in [1.807, 2.05) is 19.3 Å². The molecule has 1 aromatic carbocycles. The molecule has 0 bridgehead atoms. The van der Waals surface area contributed by atoms with E-state index < -0.39 is 18.4 Å². The van der Waals surface area contributed by atoms with Crippen LogP contribution in [0.4, 0.5) is 8.78 Å². The molecule has 9 heteroatoms. The first-order valence-corrected chi connectivity index (χ1v) is 9.12. The van der Waals surface area contributed by atoms with Gasteiger partial charge in [0, 0.05) is 48.9 Å². The largest absolute Gasteiger partial charge is 0.332 e. The Morgan fingerprint density at radius 3 is 2.79 bits per heavy atom. The molecular formula is C20H16F2N6O. The number of likely N-dealkylation sites (tertiary alicyclic amines) is 1. The van der Waals surface area contributed by atoms with Gasteiger partial charge in [0.2, 0.25) is 0 Å². The van der Waals surface area contributed by atoms with E-state index in [9.17, 15) is 13.6 Å². The first kappa shape index (κ1) is 17.6. The molecule has 5 rings (SSSR count). The standard InChI is InChI=1S/C20H16F2N6O/c1-27-10-14-6-13(8-24-18(14)26-27)17-9-23-15-3-2-12(7-16(15)25-17)19(29)28-5-4-20(21,22)11-28/h2-3,6-10H,4-5,11H2,1H3. The second kappa shape index (κ2) is 6.26. The predicted octanol–water partition coefficient (Wildman–Crippen LogP) is 3.06. The van der Waals surface area contributed by atoms with Crippen molar-refractivity contribution in [2.75, 3.05) is 13.1 Å². The molecule has 0 spiro atoms. The van der Waals surface area contributed by atoms with Gasteiger partial charge in [-0.25, -0.2) is 18.7 Å². The highest BCUT2D eigenvalue weighted by atomic mass is 19.3. The highest BCUT2D eigenvalue weighted by Crippen LogP contribution is 2.28. The van der Waals surface area contributed by atoms with Crippen LogP contribution < -0.4 is 0 Å². The number of hydrogen-bond donors (Lipinski definition) is 0. The van der Waals surface area contributed by atoms with Gasteiger partial charge in [0.15, 0.2) is 5.65 Å². The minimum atomic E-state index is -2.82. The predicted molar refractivity (Wildman–Crippen MR) is 103 cm³/mol. The van der Waals surface area contributed by atoms with E-state index >= 15 is 0 Å². The van der Waals surface area contributed by atoms with Crippen molar-refractivity contribution in [3.63, 3.8) is 0 Å². The zero-order valence-electron chi connectivity index (χ0n) is 15.5. The summed E-state index contributed by atoms with van der Waals surface area (Å²) in [7, 11) is 1.83. The molecule has 29 heavy (non-hydrogen) atoms. The van der Waals surface area contributed by atoms with Gasteiger partial charge in [-0.1, -0.05) is 0 Å². The summed E-state index contributed by atoms with van der Waals surface area (Å²) in [6.07, 6.45) is 4.87. The van der Waals surface area contributed by atoms with Crippen molar-refractivity contribution >= 4 is 28.0 Å². The van der Waals surface area contributed by atoms with Crippen LogP contribution in [0.15, 0.2) is 42.9 Å². The summed E-state index contributed by atoms with van der Waals surface area (Å²) in [6.45, 7) is -0.501. The molecule has 1 fully saturated rings. The van der Waals surface area contributed by atoms with Crippen LogP contribution >= 0.6 is 0 Å². The summed E-state index contributed by atoms with van der Waals surface area (Å²) in [5.74, 6) is -3.24. The third-order valence-electron chi connectivity index (χ3n) is 5.02. The lowest BCUT2D eigenvalue weighted by molar-refractivity contribution is 0.0120. The van der Waals surface area contributed by atoms with Gasteiger partial charge >= 0.3 is 0 Å². The van der Waals surface area contributed by atoms with Crippen molar-refractivity contribution in [2.24, 2.45) is 7.05 Å². The van der Waals surface area contributed by atoms with Gasteiger partial charge in [-0.05, 0) is 24.3 Å². The van der Waals surface area contributed by atoms with Gasteiger partial charge in [-0.2, -0.15) is 5.10 Å². The van der Waals surface area contributed by atoms with Gasteiger partial charge in [0.1, 0.15) is 0 Å². The number of fused-ring (bicyclic) bond motifs is 2. The van der Waals surface area contributed by atoms with Crippen molar-refractivity contribution in [3.05, 3.63) is 48.4 Å². The molecule has 0 aliphatic carbocycles. The van der Waals surface area contributed by atoms with Crippen LogP contribution in [-0.4, -0.2) is 54.6 Å². The molecular weight excluding hydrogens is 378 g/mol. The van der Waals surface area contributed by atoms with Gasteiger partial charge in [-0.15, -0.1) is 0 Å². The minimum Gasteiger partial charge on any atom is -0.332 e. The Morgan fingerprint density at radius 2 is 2.00 bits per heavy atom. The number of aromatic nitrogens is 5. The maximum atomic E-state index is 13.4. The van der Waals surface area contributed by atoms with E-state index in [-0.39, 0.29) is 13.0 Å². The molecule has 1 aliphatic rings. The lowest BCUT2D eigenvalue weighted by Crippen LogP contribution is -2.31. The molecule has 146 valence electrons. The molecule has 4 aromatic rings. The van der Waals surface area contributed by atoms with Crippen LogP contribution in [0.2, 0.25) is 0 Å². The second-order valence-electron chi connectivity index (χ2n) is 7.23. The van der Waals surface area contributed by atoms with E-state index in [2.05, 4.69) is 20.1 Å². The van der Waals surface area contributed by atoms with Crippen molar-refractivity contribution < 1.29 is 13.6 Å². The fourth-order valence-corrected chi connectivity index (χ4v) is 3.55. The van der Waals surface area contributed by atoms with E-state index in [4.69, 9.17) is 0 Å². The molecule has 0 N–H and O–H groups in total. The molecule has 0 radical (unpaired) electrons. The number of alkyl halides is 2. The smallest absolute Gasteiger partial charge is 0.267 e. The van der Waals surface area contributed by atoms with Crippen LogP contribution in [-0.2, 0) is 7.05 Å². The van der Waals surface area contributed by atoms with Crippen LogP contribution in [0.5, 0.6) is 0 Å². The van der Waals surface area contributed by atoms with Gasteiger partial charge in [0.05, 0.1) is 29.5 Å². The number of hydrogen-bond acceptors (Lipinski definition) is 5. The number of carbonyl (C=O) groups is 1. The Hall–Kier alpha value is -3.49. The van der Waals surface area contributed by atoms with Crippen LogP contribution in [0.1, 0.15) is 16.8 Å². The van der Waals surface area contributed by atoms with Gasteiger partial charge in [-0.3, -0.25) is 14.5 Å². The molecule has 0 unspecified atom stereocenters. The summed E-state index contributed by atoms with van der Waals surface area (Å²) in [6, 6.07) is 6.79. The molecule has 0 saturated carbocycles. The normalized spacial score (nSPS) is 16.0. The summed E-state index contributed by atoms with van der Waals surface area (Å²) in [5.41, 5.74) is 3.48. The molecule has 1 amide bonds. The number of nitrogens with zero attached hydrogens (tertiary/aromatic N) is 6. The molecule has 1 aliphatic heterocycles. The van der Waals surface area contributed by atoms with E-state index in [1.54, 1.807) is 35.3 Å². The molecule has 4 heterocycles. The van der Waals surface area contributed by atoms with Gasteiger partial charge in [0.25, 0.3) is 11.8 Å². The molecule has 3 aromatic heterocycles. The topological polar surface area (TPSA) is 76.8 Å². The van der Waals surface area contributed by atoms with Crippen molar-refractivity contribution in [1.29, 1.82) is 0 Å². The number of aryl methyl sites for hydroxylation is 1. The van der Waals surface area contributed by atoms with Crippen LogP contribution in [0.3, 0.4) is 0 Å². The summed E-state index contributed by atoms with van der Waals surface area (Å²) < 4.78 is 28.6. The fourth-order valence-electron chi connectivity index (χ4n) is 3.55. The Labute approximate surface area is 164 Å². The Balaban J connectivity index is 1.51. The zero-order chi connectivity index (χ0) is 20.2. The lowest BCUT2D eigenvalue weighted by Gasteiger charge is -2.16. The highest BCUT2D eigenvalue weighted by Gasteiger charge is 2.40. The van der Waals surface area contributed by atoms with Crippen molar-refractivity contribution in [2.45, 2.75) is 12.3 Å². The van der Waals surface area contributed by atoms with Crippen molar-refractivity contribution in [3.8, 4) is 11.3 Å².